The van der Waals surface area contributed by atoms with Crippen LogP contribution in [-0.4, -0.2) is 40.6 Å². The Morgan fingerprint density at radius 1 is 1.09 bits per heavy atom. The standard InChI is InChI=1S/C22H20Cl2N2O4S2/c1-14-20(32(28,29)17-5-2-15(23)3-6-17)13-31-21(14)22(27)25-16-4-7-19(18(24)12-16)26-8-10-30-11-9-26/h2-7,12-13H,8-11H2,1H3,(H,25,27). The first-order chi connectivity index (χ1) is 15.3. The first kappa shape index (κ1) is 23.1. The lowest BCUT2D eigenvalue weighted by molar-refractivity contribution is 0.103. The number of ether oxygens (including phenoxy) is 1. The minimum Gasteiger partial charge on any atom is -0.378 e. The SMILES string of the molecule is Cc1c(S(=O)(=O)c2ccc(Cl)cc2)csc1C(=O)Nc1ccc(N2CCOCC2)c(Cl)c1. The molecule has 10 heteroatoms. The molecule has 0 saturated carbocycles. The van der Waals surface area contributed by atoms with Gasteiger partial charge in [0.1, 0.15) is 0 Å². The van der Waals surface area contributed by atoms with E-state index in [4.69, 9.17) is 27.9 Å². The maximum absolute atomic E-state index is 13.0. The van der Waals surface area contributed by atoms with Gasteiger partial charge in [-0.2, -0.15) is 0 Å². The van der Waals surface area contributed by atoms with Gasteiger partial charge in [0, 0.05) is 29.2 Å². The summed E-state index contributed by atoms with van der Waals surface area (Å²) in [6.07, 6.45) is 0. The summed E-state index contributed by atoms with van der Waals surface area (Å²) in [6, 6.07) is 11.3. The molecule has 1 saturated heterocycles. The third kappa shape index (κ3) is 4.65. The van der Waals surface area contributed by atoms with Crippen LogP contribution in [0, 0.1) is 6.92 Å². The Kier molecular flexibility index (Phi) is 6.78. The minimum atomic E-state index is -3.76. The van der Waals surface area contributed by atoms with Crippen molar-refractivity contribution in [2.75, 3.05) is 36.5 Å². The molecule has 4 rings (SSSR count). The molecule has 1 N–H and O–H groups in total. The number of sulfone groups is 1. The molecule has 0 bridgehead atoms. The van der Waals surface area contributed by atoms with Gasteiger partial charge < -0.3 is 15.0 Å². The first-order valence-electron chi connectivity index (χ1n) is 9.79. The van der Waals surface area contributed by atoms with Crippen LogP contribution in [0.15, 0.2) is 57.6 Å². The normalized spacial score (nSPS) is 14.4. The van der Waals surface area contributed by atoms with E-state index in [-0.39, 0.29) is 15.7 Å². The maximum atomic E-state index is 13.0. The molecule has 1 amide bonds. The van der Waals surface area contributed by atoms with Crippen molar-refractivity contribution < 1.29 is 17.9 Å². The summed E-state index contributed by atoms with van der Waals surface area (Å²) in [7, 11) is -3.76. The quantitative estimate of drug-likeness (QED) is 0.504. The van der Waals surface area contributed by atoms with Crippen molar-refractivity contribution in [3.05, 3.63) is 68.3 Å². The van der Waals surface area contributed by atoms with Gasteiger partial charge in [-0.3, -0.25) is 4.79 Å². The van der Waals surface area contributed by atoms with Crippen molar-refractivity contribution >= 4 is 61.7 Å². The van der Waals surface area contributed by atoms with Crippen molar-refractivity contribution in [2.45, 2.75) is 16.7 Å². The van der Waals surface area contributed by atoms with Gasteiger partial charge in [0.15, 0.2) is 0 Å². The van der Waals surface area contributed by atoms with Gasteiger partial charge in [-0.25, -0.2) is 8.42 Å². The summed E-state index contributed by atoms with van der Waals surface area (Å²) in [6.45, 7) is 4.43. The highest BCUT2D eigenvalue weighted by atomic mass is 35.5. The smallest absolute Gasteiger partial charge is 0.266 e. The lowest BCUT2D eigenvalue weighted by Gasteiger charge is -2.29. The van der Waals surface area contributed by atoms with Crippen LogP contribution >= 0.6 is 34.5 Å². The van der Waals surface area contributed by atoms with Crippen LogP contribution in [0.25, 0.3) is 0 Å². The predicted octanol–water partition coefficient (Wildman–Crippen LogP) is 5.29. The van der Waals surface area contributed by atoms with Crippen LogP contribution in [0.2, 0.25) is 10.0 Å². The van der Waals surface area contributed by atoms with Gasteiger partial charge in [-0.1, -0.05) is 23.2 Å². The number of rotatable bonds is 5. The number of halogens is 2. The average molecular weight is 511 g/mol. The summed E-state index contributed by atoms with van der Waals surface area (Å²) in [4.78, 5) is 15.6. The molecule has 0 aliphatic carbocycles. The second kappa shape index (κ2) is 9.41. The topological polar surface area (TPSA) is 75.7 Å². The molecule has 1 aliphatic rings. The highest BCUT2D eigenvalue weighted by Gasteiger charge is 2.25. The van der Waals surface area contributed by atoms with Crippen molar-refractivity contribution in [3.63, 3.8) is 0 Å². The fraction of sp³-hybridized carbons (Fsp3) is 0.227. The number of thiophene rings is 1. The Balaban J connectivity index is 1.54. The summed E-state index contributed by atoms with van der Waals surface area (Å²) < 4.78 is 31.4. The van der Waals surface area contributed by atoms with E-state index in [1.165, 1.54) is 29.6 Å². The summed E-state index contributed by atoms with van der Waals surface area (Å²) in [5, 5.41) is 5.28. The number of nitrogens with zero attached hydrogens (tertiary/aromatic N) is 1. The number of carbonyl (C=O) groups excluding carboxylic acids is 1. The van der Waals surface area contributed by atoms with Crippen LogP contribution in [0.5, 0.6) is 0 Å². The van der Waals surface area contributed by atoms with E-state index in [1.54, 1.807) is 19.1 Å². The van der Waals surface area contributed by atoms with Crippen molar-refractivity contribution in [1.29, 1.82) is 0 Å². The van der Waals surface area contributed by atoms with Crippen molar-refractivity contribution in [3.8, 4) is 0 Å². The van der Waals surface area contributed by atoms with Crippen LogP contribution in [0.1, 0.15) is 15.2 Å². The fourth-order valence-corrected chi connectivity index (χ4v) is 6.71. The Hall–Kier alpha value is -2.10. The molecule has 1 fully saturated rings. The van der Waals surface area contributed by atoms with Gasteiger partial charge in [-0.05, 0) is 55.0 Å². The third-order valence-corrected chi connectivity index (χ3v) is 8.85. The molecule has 3 aromatic rings. The van der Waals surface area contributed by atoms with Crippen LogP contribution < -0.4 is 10.2 Å². The van der Waals surface area contributed by atoms with E-state index in [9.17, 15) is 13.2 Å². The van der Waals surface area contributed by atoms with E-state index in [1.807, 2.05) is 6.07 Å². The molecule has 0 atom stereocenters. The summed E-state index contributed by atoms with van der Waals surface area (Å²) >= 11 is 13.4. The van der Waals surface area contributed by atoms with Gasteiger partial charge in [-0.15, -0.1) is 11.3 Å². The Morgan fingerprint density at radius 2 is 1.78 bits per heavy atom. The molecule has 2 heterocycles. The van der Waals surface area contributed by atoms with Crippen molar-refractivity contribution in [2.24, 2.45) is 0 Å². The summed E-state index contributed by atoms with van der Waals surface area (Å²) in [5.74, 6) is -0.389. The fourth-order valence-electron chi connectivity index (χ4n) is 3.46. The lowest BCUT2D eigenvalue weighted by Crippen LogP contribution is -2.36. The second-order valence-corrected chi connectivity index (χ2v) is 10.9. The Bertz CT molecular complexity index is 1250. The van der Waals surface area contributed by atoms with Gasteiger partial charge >= 0.3 is 0 Å². The van der Waals surface area contributed by atoms with Crippen molar-refractivity contribution in [1.82, 2.24) is 0 Å². The minimum absolute atomic E-state index is 0.107. The molecular weight excluding hydrogens is 491 g/mol. The zero-order chi connectivity index (χ0) is 22.9. The molecule has 0 spiro atoms. The van der Waals surface area contributed by atoms with E-state index in [0.29, 0.717) is 39.4 Å². The molecule has 0 radical (unpaired) electrons. The monoisotopic (exact) mass is 510 g/mol. The highest BCUT2D eigenvalue weighted by molar-refractivity contribution is 7.91. The number of benzene rings is 2. The number of amides is 1. The molecule has 1 aliphatic heterocycles. The molecule has 0 unspecified atom stereocenters. The average Bonchev–Trinajstić information content (AvgIpc) is 3.17. The molecule has 6 nitrogen and oxygen atoms in total. The van der Waals surface area contributed by atoms with Crippen LogP contribution in [-0.2, 0) is 14.6 Å². The van der Waals surface area contributed by atoms with Gasteiger partial charge in [0.25, 0.3) is 5.91 Å². The lowest BCUT2D eigenvalue weighted by atomic mass is 10.2. The number of hydrogen-bond acceptors (Lipinski definition) is 6. The zero-order valence-corrected chi connectivity index (χ0v) is 20.2. The Morgan fingerprint density at radius 3 is 2.44 bits per heavy atom. The van der Waals surface area contributed by atoms with E-state index in [0.717, 1.165) is 30.1 Å². The summed E-state index contributed by atoms with van der Waals surface area (Å²) in [5.41, 5.74) is 1.82. The number of nitrogens with one attached hydrogen (secondary N) is 1. The maximum Gasteiger partial charge on any atom is 0.266 e. The number of hydrogen-bond donors (Lipinski definition) is 1. The second-order valence-electron chi connectivity index (χ2n) is 7.23. The van der Waals surface area contributed by atoms with E-state index in [2.05, 4.69) is 10.2 Å². The molecule has 2 aromatic carbocycles. The van der Waals surface area contributed by atoms with Gasteiger partial charge in [0.2, 0.25) is 9.84 Å². The molecule has 32 heavy (non-hydrogen) atoms. The highest BCUT2D eigenvalue weighted by Crippen LogP contribution is 2.33. The molecule has 168 valence electrons. The number of morpholine rings is 1. The van der Waals surface area contributed by atoms with Crippen LogP contribution in [0.4, 0.5) is 11.4 Å². The Labute approximate surface area is 200 Å². The van der Waals surface area contributed by atoms with E-state index >= 15 is 0 Å². The largest absolute Gasteiger partial charge is 0.378 e. The zero-order valence-electron chi connectivity index (χ0n) is 17.1. The third-order valence-electron chi connectivity index (χ3n) is 5.17. The first-order valence-corrected chi connectivity index (χ1v) is 12.9. The molecule has 1 aromatic heterocycles. The number of carbonyl (C=O) groups is 1. The van der Waals surface area contributed by atoms with E-state index < -0.39 is 9.84 Å². The van der Waals surface area contributed by atoms with Crippen LogP contribution in [0.3, 0.4) is 0 Å². The number of anilines is 2. The predicted molar refractivity (Wildman–Crippen MR) is 128 cm³/mol. The molecular formula is C22H20Cl2N2O4S2. The van der Waals surface area contributed by atoms with Gasteiger partial charge in [0.05, 0.1) is 38.6 Å².